The molecule has 0 aromatic carbocycles. The summed E-state index contributed by atoms with van der Waals surface area (Å²) >= 11 is 0. The second-order valence-electron chi connectivity index (χ2n) is 6.00. The molecule has 0 spiro atoms. The second-order valence-corrected chi connectivity index (χ2v) is 6.00. The molecule has 0 saturated carbocycles. The van der Waals surface area contributed by atoms with E-state index in [-0.39, 0.29) is 29.7 Å². The molecule has 2 N–H and O–H groups in total. The Bertz CT molecular complexity index is 316. The number of amides is 2. The molecule has 0 fully saturated rings. The Morgan fingerprint density at radius 3 is 1.90 bits per heavy atom. The first-order valence-electron chi connectivity index (χ1n) is 7.48. The van der Waals surface area contributed by atoms with E-state index in [0.717, 1.165) is 6.42 Å². The van der Waals surface area contributed by atoms with Crippen LogP contribution in [0.5, 0.6) is 0 Å². The first-order valence-corrected chi connectivity index (χ1v) is 7.48. The third-order valence-corrected chi connectivity index (χ3v) is 3.43. The maximum atomic E-state index is 12.4. The fraction of sp³-hybridized carbons (Fsp3) is 0.867. The van der Waals surface area contributed by atoms with Crippen LogP contribution >= 0.6 is 0 Å². The predicted molar refractivity (Wildman–Crippen MR) is 82.4 cm³/mol. The lowest BCUT2D eigenvalue weighted by molar-refractivity contribution is -0.137. The number of likely N-dealkylation sites (N-methyl/N-ethyl adjacent to an activating group) is 2. The number of nitrogens with one attached hydrogen (secondary N) is 2. The fourth-order valence-corrected chi connectivity index (χ4v) is 2.21. The number of carbonyl (C=O) groups is 2. The van der Waals surface area contributed by atoms with Crippen molar-refractivity contribution in [2.24, 2.45) is 11.8 Å². The number of nitrogens with zero attached hydrogens (tertiary/aromatic N) is 1. The zero-order valence-corrected chi connectivity index (χ0v) is 14.0. The Labute approximate surface area is 123 Å². The molecule has 0 aromatic rings. The van der Waals surface area contributed by atoms with Gasteiger partial charge in [0.05, 0.1) is 6.04 Å². The molecule has 20 heavy (non-hydrogen) atoms. The van der Waals surface area contributed by atoms with Crippen LogP contribution in [0.3, 0.4) is 0 Å². The molecule has 2 atom stereocenters. The molecule has 0 heterocycles. The van der Waals surface area contributed by atoms with Gasteiger partial charge in [-0.3, -0.25) is 9.59 Å². The molecule has 0 radical (unpaired) electrons. The number of hydrogen-bond donors (Lipinski definition) is 2. The van der Waals surface area contributed by atoms with E-state index in [1.54, 1.807) is 19.0 Å². The molecule has 118 valence electrons. The summed E-state index contributed by atoms with van der Waals surface area (Å²) in [7, 11) is 3.55. The maximum Gasteiger partial charge on any atom is 0.245 e. The Hall–Kier alpha value is -1.10. The highest BCUT2D eigenvalue weighted by molar-refractivity contribution is 5.90. The van der Waals surface area contributed by atoms with Gasteiger partial charge in [-0.1, -0.05) is 34.6 Å². The third kappa shape index (κ3) is 5.49. The van der Waals surface area contributed by atoms with E-state index >= 15 is 0 Å². The van der Waals surface area contributed by atoms with E-state index in [2.05, 4.69) is 10.6 Å². The highest BCUT2D eigenvalue weighted by Gasteiger charge is 2.29. The van der Waals surface area contributed by atoms with Crippen LogP contribution < -0.4 is 10.6 Å². The summed E-state index contributed by atoms with van der Waals surface area (Å²) in [6.07, 6.45) is 0.909. The lowest BCUT2D eigenvalue weighted by Gasteiger charge is -2.29. The van der Waals surface area contributed by atoms with Crippen molar-refractivity contribution >= 4 is 11.8 Å². The van der Waals surface area contributed by atoms with Crippen LogP contribution in [0.2, 0.25) is 0 Å². The van der Waals surface area contributed by atoms with Gasteiger partial charge >= 0.3 is 0 Å². The van der Waals surface area contributed by atoms with Crippen molar-refractivity contribution in [2.75, 3.05) is 20.6 Å². The standard InChI is InChI=1S/C15H31N3O2/c1-8-9-18(7)15(20)13(11(4)5)17-14(19)12(16-6)10(2)3/h10-13,16H,8-9H2,1-7H3,(H,17,19)/t12-,13-/m0/s1. The third-order valence-electron chi connectivity index (χ3n) is 3.43. The molecule has 0 aliphatic rings. The number of hydrogen-bond acceptors (Lipinski definition) is 3. The second kappa shape index (κ2) is 8.95. The molecule has 0 aliphatic heterocycles. The van der Waals surface area contributed by atoms with Gasteiger partial charge in [0.15, 0.2) is 0 Å². The minimum absolute atomic E-state index is 0.0196. The average Bonchev–Trinajstić information content (AvgIpc) is 2.35. The van der Waals surface area contributed by atoms with E-state index in [0.29, 0.717) is 6.54 Å². The van der Waals surface area contributed by atoms with Crippen LogP contribution in [0.1, 0.15) is 41.0 Å². The van der Waals surface area contributed by atoms with Crippen molar-refractivity contribution in [3.8, 4) is 0 Å². The molecule has 0 saturated heterocycles. The Balaban J connectivity index is 4.86. The van der Waals surface area contributed by atoms with Gasteiger partial charge in [-0.15, -0.1) is 0 Å². The predicted octanol–water partition coefficient (Wildman–Crippen LogP) is 1.24. The Morgan fingerprint density at radius 2 is 1.55 bits per heavy atom. The summed E-state index contributed by atoms with van der Waals surface area (Å²) in [5, 5.41) is 5.90. The molecule has 2 amide bonds. The lowest BCUT2D eigenvalue weighted by Crippen LogP contribution is -2.55. The monoisotopic (exact) mass is 285 g/mol. The van der Waals surface area contributed by atoms with Gasteiger partial charge in [0.1, 0.15) is 6.04 Å². The van der Waals surface area contributed by atoms with Crippen LogP contribution in [-0.2, 0) is 9.59 Å². The molecule has 0 aliphatic carbocycles. The normalized spacial score (nSPS) is 14.2. The molecule has 0 unspecified atom stereocenters. The summed E-state index contributed by atoms with van der Waals surface area (Å²) < 4.78 is 0. The van der Waals surface area contributed by atoms with Crippen LogP contribution in [0.25, 0.3) is 0 Å². The first kappa shape index (κ1) is 18.9. The fourth-order valence-electron chi connectivity index (χ4n) is 2.21. The van der Waals surface area contributed by atoms with Crippen molar-refractivity contribution in [3.63, 3.8) is 0 Å². The zero-order chi connectivity index (χ0) is 15.9. The molecule has 0 aromatic heterocycles. The average molecular weight is 285 g/mol. The van der Waals surface area contributed by atoms with Gasteiger partial charge in [0.25, 0.3) is 0 Å². The van der Waals surface area contributed by atoms with Crippen molar-refractivity contribution in [1.29, 1.82) is 0 Å². The highest BCUT2D eigenvalue weighted by Crippen LogP contribution is 2.08. The van der Waals surface area contributed by atoms with Crippen molar-refractivity contribution < 1.29 is 9.59 Å². The molecule has 5 nitrogen and oxygen atoms in total. The van der Waals surface area contributed by atoms with Gasteiger partial charge in [0.2, 0.25) is 11.8 Å². The molecule has 0 bridgehead atoms. The summed E-state index contributed by atoms with van der Waals surface area (Å²) in [5.41, 5.74) is 0. The molecule has 5 heteroatoms. The largest absolute Gasteiger partial charge is 0.344 e. The lowest BCUT2D eigenvalue weighted by atomic mass is 9.99. The van der Waals surface area contributed by atoms with Crippen molar-refractivity contribution in [1.82, 2.24) is 15.5 Å². The van der Waals surface area contributed by atoms with Crippen molar-refractivity contribution in [3.05, 3.63) is 0 Å². The minimum Gasteiger partial charge on any atom is -0.344 e. The Kier molecular flexibility index (Phi) is 8.46. The van der Waals surface area contributed by atoms with E-state index in [4.69, 9.17) is 0 Å². The first-order chi connectivity index (χ1) is 9.26. The van der Waals surface area contributed by atoms with Crippen LogP contribution in [0, 0.1) is 11.8 Å². The van der Waals surface area contributed by atoms with E-state index in [1.165, 1.54) is 0 Å². The number of carbonyl (C=O) groups excluding carboxylic acids is 2. The topological polar surface area (TPSA) is 61.4 Å². The van der Waals surface area contributed by atoms with Gasteiger partial charge in [-0.2, -0.15) is 0 Å². The van der Waals surface area contributed by atoms with E-state index < -0.39 is 6.04 Å². The summed E-state index contributed by atoms with van der Waals surface area (Å²) in [4.78, 5) is 26.3. The summed E-state index contributed by atoms with van der Waals surface area (Å²) in [6, 6.07) is -0.741. The zero-order valence-electron chi connectivity index (χ0n) is 14.0. The van der Waals surface area contributed by atoms with Crippen molar-refractivity contribution in [2.45, 2.75) is 53.1 Å². The van der Waals surface area contributed by atoms with Gasteiger partial charge < -0.3 is 15.5 Å². The summed E-state index contributed by atoms with van der Waals surface area (Å²) in [6.45, 7) is 10.6. The van der Waals surface area contributed by atoms with E-state index in [9.17, 15) is 9.59 Å². The van der Waals surface area contributed by atoms with E-state index in [1.807, 2.05) is 34.6 Å². The van der Waals surface area contributed by atoms with Crippen LogP contribution in [0.15, 0.2) is 0 Å². The van der Waals surface area contributed by atoms with Gasteiger partial charge in [0, 0.05) is 13.6 Å². The quantitative estimate of drug-likeness (QED) is 0.705. The molecular formula is C15H31N3O2. The Morgan fingerprint density at radius 1 is 1.05 bits per heavy atom. The van der Waals surface area contributed by atoms with Crippen LogP contribution in [0.4, 0.5) is 0 Å². The maximum absolute atomic E-state index is 12.4. The SMILES string of the molecule is CCCN(C)C(=O)[C@@H](NC(=O)[C@@H](NC)C(C)C)C(C)C. The smallest absolute Gasteiger partial charge is 0.245 e. The molecular weight excluding hydrogens is 254 g/mol. The van der Waals surface area contributed by atoms with Gasteiger partial charge in [-0.05, 0) is 25.3 Å². The van der Waals surface area contributed by atoms with Gasteiger partial charge in [-0.25, -0.2) is 0 Å². The molecule has 0 rings (SSSR count). The minimum atomic E-state index is -0.464. The highest BCUT2D eigenvalue weighted by atomic mass is 16.2. The van der Waals surface area contributed by atoms with Crippen LogP contribution in [-0.4, -0.2) is 49.4 Å². The summed E-state index contributed by atoms with van der Waals surface area (Å²) in [5.74, 6) is 0.111. The number of rotatable bonds is 8.